The van der Waals surface area contributed by atoms with Crippen molar-refractivity contribution in [3.05, 3.63) is 0 Å². The van der Waals surface area contributed by atoms with Crippen LogP contribution in [0.1, 0.15) is 79.1 Å². The topological polar surface area (TPSA) is 80.9 Å². The fourth-order valence-corrected chi connectivity index (χ4v) is 2.46. The van der Waals surface area contributed by atoms with Crippen LogP contribution in [0.4, 0.5) is 0 Å². The molecule has 0 spiro atoms. The molecule has 0 fully saturated rings. The first-order valence-electron chi connectivity index (χ1n) is 8.70. The van der Waals surface area contributed by atoms with E-state index in [0.717, 1.165) is 38.5 Å². The fourth-order valence-electron chi connectivity index (χ4n) is 2.46. The average molecular weight is 318 g/mol. The predicted octanol–water partition coefficient (Wildman–Crippen LogP) is 2.87. The Kier molecular flexibility index (Phi) is 10.5. The zero-order valence-corrected chi connectivity index (χ0v) is 15.0. The van der Waals surface area contributed by atoms with E-state index in [0.29, 0.717) is 12.8 Å². The van der Waals surface area contributed by atoms with E-state index in [2.05, 4.69) is 0 Å². The van der Waals surface area contributed by atoms with Gasteiger partial charge in [-0.1, -0.05) is 40.5 Å². The highest BCUT2D eigenvalue weighted by Gasteiger charge is 2.18. The minimum absolute atomic E-state index is 0.0707. The Morgan fingerprint density at radius 2 is 0.955 bits per heavy atom. The first kappa shape index (κ1) is 21.8. The van der Waals surface area contributed by atoms with Crippen molar-refractivity contribution < 1.29 is 20.4 Å². The Bertz CT molecular complexity index is 248. The van der Waals surface area contributed by atoms with Crippen molar-refractivity contribution in [1.82, 2.24) is 0 Å². The van der Waals surface area contributed by atoms with Crippen molar-refractivity contribution >= 4 is 0 Å². The van der Waals surface area contributed by atoms with Crippen molar-refractivity contribution in [2.24, 2.45) is 10.8 Å². The molecule has 0 aliphatic heterocycles. The van der Waals surface area contributed by atoms with Crippen LogP contribution in [0, 0.1) is 10.8 Å². The molecule has 0 rings (SSSR count). The molecule has 134 valence electrons. The third-order valence-electron chi connectivity index (χ3n) is 4.47. The van der Waals surface area contributed by atoms with Crippen LogP contribution < -0.4 is 0 Å². The van der Waals surface area contributed by atoms with Gasteiger partial charge in [-0.2, -0.15) is 0 Å². The summed E-state index contributed by atoms with van der Waals surface area (Å²) in [7, 11) is 0. The van der Waals surface area contributed by atoms with Crippen molar-refractivity contribution in [1.29, 1.82) is 0 Å². The van der Waals surface area contributed by atoms with Crippen molar-refractivity contribution in [2.75, 3.05) is 13.2 Å². The minimum atomic E-state index is -0.363. The van der Waals surface area contributed by atoms with E-state index in [1.807, 2.05) is 27.7 Å². The molecule has 2 atom stereocenters. The van der Waals surface area contributed by atoms with Crippen LogP contribution in [-0.2, 0) is 0 Å². The Morgan fingerprint density at radius 1 is 0.636 bits per heavy atom. The standard InChI is InChI=1S/C18H38O4/c1-17(2,13-19)11-5-7-15(21)9-10-16(22)8-6-12-18(3,4)14-20/h15-16,19-22H,5-14H2,1-4H3. The average Bonchev–Trinajstić information content (AvgIpc) is 2.45. The Hall–Kier alpha value is -0.160. The summed E-state index contributed by atoms with van der Waals surface area (Å²) in [5.41, 5.74) is -0.141. The number of aliphatic hydroxyl groups is 4. The second kappa shape index (κ2) is 10.6. The van der Waals surface area contributed by atoms with Crippen molar-refractivity contribution in [2.45, 2.75) is 91.3 Å². The molecule has 4 N–H and O–H groups in total. The summed E-state index contributed by atoms with van der Waals surface area (Å²) in [5.74, 6) is 0. The quantitative estimate of drug-likeness (QED) is 0.421. The van der Waals surface area contributed by atoms with Crippen LogP contribution in [0.15, 0.2) is 0 Å². The van der Waals surface area contributed by atoms with Gasteiger partial charge in [0.05, 0.1) is 12.2 Å². The first-order valence-corrected chi connectivity index (χ1v) is 8.70. The van der Waals surface area contributed by atoms with E-state index in [4.69, 9.17) is 0 Å². The number of rotatable bonds is 13. The second-order valence-electron chi connectivity index (χ2n) is 8.31. The summed E-state index contributed by atoms with van der Waals surface area (Å²) in [5, 5.41) is 38.3. The molecule has 4 heteroatoms. The Labute approximate surface area is 136 Å². The maximum absolute atomic E-state index is 9.95. The maximum Gasteiger partial charge on any atom is 0.0541 e. The Morgan fingerprint density at radius 3 is 1.23 bits per heavy atom. The zero-order chi connectivity index (χ0) is 17.2. The molecule has 0 aliphatic carbocycles. The van der Waals surface area contributed by atoms with Gasteiger partial charge < -0.3 is 20.4 Å². The largest absolute Gasteiger partial charge is 0.396 e. The zero-order valence-electron chi connectivity index (χ0n) is 15.0. The molecular formula is C18H38O4. The lowest BCUT2D eigenvalue weighted by atomic mass is 9.86. The van der Waals surface area contributed by atoms with E-state index in [1.54, 1.807) is 0 Å². The van der Waals surface area contributed by atoms with Gasteiger partial charge in [-0.05, 0) is 49.4 Å². The molecule has 0 bridgehead atoms. The van der Waals surface area contributed by atoms with Crippen molar-refractivity contribution in [3.63, 3.8) is 0 Å². The monoisotopic (exact) mass is 318 g/mol. The minimum Gasteiger partial charge on any atom is -0.396 e. The van der Waals surface area contributed by atoms with Crippen LogP contribution >= 0.6 is 0 Å². The summed E-state index contributed by atoms with van der Waals surface area (Å²) >= 11 is 0. The molecule has 2 unspecified atom stereocenters. The molecule has 0 aromatic heterocycles. The Balaban J connectivity index is 3.71. The molecule has 0 saturated heterocycles. The lowest BCUT2D eigenvalue weighted by Crippen LogP contribution is -2.19. The third-order valence-corrected chi connectivity index (χ3v) is 4.47. The first-order chi connectivity index (χ1) is 10.1. The molecule has 0 aromatic rings. The second-order valence-corrected chi connectivity index (χ2v) is 8.31. The predicted molar refractivity (Wildman–Crippen MR) is 90.7 cm³/mol. The van der Waals surface area contributed by atoms with Crippen LogP contribution in [0.2, 0.25) is 0 Å². The molecule has 0 aromatic carbocycles. The van der Waals surface area contributed by atoms with Gasteiger partial charge in [0.25, 0.3) is 0 Å². The lowest BCUT2D eigenvalue weighted by Gasteiger charge is -2.23. The highest BCUT2D eigenvalue weighted by molar-refractivity contribution is 4.70. The molecule has 0 heterocycles. The van der Waals surface area contributed by atoms with Gasteiger partial charge in [0.1, 0.15) is 0 Å². The van der Waals surface area contributed by atoms with Gasteiger partial charge in [-0.15, -0.1) is 0 Å². The smallest absolute Gasteiger partial charge is 0.0541 e. The van der Waals surface area contributed by atoms with Crippen LogP contribution in [0.25, 0.3) is 0 Å². The molecule has 0 radical (unpaired) electrons. The van der Waals surface area contributed by atoms with Crippen molar-refractivity contribution in [3.8, 4) is 0 Å². The lowest BCUT2D eigenvalue weighted by molar-refractivity contribution is 0.0896. The maximum atomic E-state index is 9.95. The van der Waals surface area contributed by atoms with E-state index in [-0.39, 0.29) is 36.3 Å². The molecule has 22 heavy (non-hydrogen) atoms. The highest BCUT2D eigenvalue weighted by Crippen LogP contribution is 2.25. The highest BCUT2D eigenvalue weighted by atomic mass is 16.3. The molecule has 0 aliphatic rings. The summed E-state index contributed by atoms with van der Waals surface area (Å²) in [6.45, 7) is 8.44. The third kappa shape index (κ3) is 11.4. The van der Waals surface area contributed by atoms with E-state index >= 15 is 0 Å². The van der Waals surface area contributed by atoms with E-state index in [1.165, 1.54) is 0 Å². The number of hydrogen-bond donors (Lipinski definition) is 4. The van der Waals surface area contributed by atoms with Crippen LogP contribution in [0.3, 0.4) is 0 Å². The van der Waals surface area contributed by atoms with E-state index < -0.39 is 0 Å². The molecule has 0 saturated carbocycles. The van der Waals surface area contributed by atoms with Gasteiger partial charge in [-0.25, -0.2) is 0 Å². The number of aliphatic hydroxyl groups excluding tert-OH is 4. The van der Waals surface area contributed by atoms with Gasteiger partial charge in [0, 0.05) is 13.2 Å². The molecule has 0 amide bonds. The summed E-state index contributed by atoms with van der Waals surface area (Å²) in [6, 6.07) is 0. The van der Waals surface area contributed by atoms with Gasteiger partial charge in [0.2, 0.25) is 0 Å². The summed E-state index contributed by atoms with van der Waals surface area (Å²) in [6.07, 6.45) is 5.59. The van der Waals surface area contributed by atoms with Crippen LogP contribution in [-0.4, -0.2) is 45.8 Å². The van der Waals surface area contributed by atoms with Gasteiger partial charge in [0.15, 0.2) is 0 Å². The van der Waals surface area contributed by atoms with E-state index in [9.17, 15) is 20.4 Å². The van der Waals surface area contributed by atoms with Gasteiger partial charge >= 0.3 is 0 Å². The number of hydrogen-bond acceptors (Lipinski definition) is 4. The normalized spacial score (nSPS) is 15.8. The van der Waals surface area contributed by atoms with Gasteiger partial charge in [-0.3, -0.25) is 0 Å². The fraction of sp³-hybridized carbons (Fsp3) is 1.00. The van der Waals surface area contributed by atoms with Crippen LogP contribution in [0.5, 0.6) is 0 Å². The SMILES string of the molecule is CC(C)(CO)CCCC(O)CCC(O)CCCC(C)(C)CO. The summed E-state index contributed by atoms with van der Waals surface area (Å²) in [4.78, 5) is 0. The molecular weight excluding hydrogens is 280 g/mol. The summed E-state index contributed by atoms with van der Waals surface area (Å²) < 4.78 is 0. The molecule has 4 nitrogen and oxygen atoms in total.